The highest BCUT2D eigenvalue weighted by Crippen LogP contribution is 1.97. The summed E-state index contributed by atoms with van der Waals surface area (Å²) >= 11 is 0. The van der Waals surface area contributed by atoms with Gasteiger partial charge in [-0.15, -0.1) is 0 Å². The van der Waals surface area contributed by atoms with Crippen molar-refractivity contribution in [3.63, 3.8) is 0 Å². The average Bonchev–Trinajstić information content (AvgIpc) is 2.11. The number of rotatable bonds is 0. The van der Waals surface area contributed by atoms with Gasteiger partial charge < -0.3 is 4.90 Å². The van der Waals surface area contributed by atoms with Gasteiger partial charge in [-0.2, -0.15) is 0 Å². The summed E-state index contributed by atoms with van der Waals surface area (Å²) < 4.78 is 0. The maximum atomic E-state index is 11.2. The molecule has 0 aromatic carbocycles. The maximum absolute atomic E-state index is 11.2. The van der Waals surface area contributed by atoms with E-state index < -0.39 is 0 Å². The van der Waals surface area contributed by atoms with Crippen molar-refractivity contribution >= 4 is 11.6 Å². The van der Waals surface area contributed by atoms with Crippen LogP contribution in [-0.4, -0.2) is 23.6 Å². The summed E-state index contributed by atoms with van der Waals surface area (Å²) in [6.07, 6.45) is 7.38. The number of aliphatic imine (C=N–C) groups is 1. The SMILES string of the molecule is CC1=N\C=C/CC(=O)N(C)/C=C\1. The molecule has 0 aliphatic carbocycles. The van der Waals surface area contributed by atoms with E-state index in [0.29, 0.717) is 6.42 Å². The third kappa shape index (κ3) is 2.34. The van der Waals surface area contributed by atoms with Gasteiger partial charge in [-0.1, -0.05) is 6.08 Å². The quantitative estimate of drug-likeness (QED) is 0.531. The van der Waals surface area contributed by atoms with Crippen molar-refractivity contribution in [2.24, 2.45) is 4.99 Å². The molecule has 1 aliphatic heterocycles. The van der Waals surface area contributed by atoms with Gasteiger partial charge in [-0.05, 0) is 13.0 Å². The highest BCUT2D eigenvalue weighted by molar-refractivity contribution is 5.94. The Morgan fingerprint density at radius 1 is 1.58 bits per heavy atom. The number of carbonyl (C=O) groups is 1. The van der Waals surface area contributed by atoms with Crippen LogP contribution in [0.3, 0.4) is 0 Å². The molecule has 0 aromatic heterocycles. The number of allylic oxidation sites excluding steroid dienone is 1. The second-order valence-corrected chi connectivity index (χ2v) is 2.68. The van der Waals surface area contributed by atoms with Crippen LogP contribution in [0.4, 0.5) is 0 Å². The minimum atomic E-state index is 0.0763. The van der Waals surface area contributed by atoms with Gasteiger partial charge in [0.15, 0.2) is 0 Å². The molecule has 0 atom stereocenters. The monoisotopic (exact) mass is 164 g/mol. The predicted octanol–water partition coefficient (Wildman–Crippen LogP) is 1.34. The molecule has 0 spiro atoms. The van der Waals surface area contributed by atoms with Crippen molar-refractivity contribution in [1.29, 1.82) is 0 Å². The van der Waals surface area contributed by atoms with E-state index in [1.807, 2.05) is 13.0 Å². The molecule has 3 heteroatoms. The third-order valence-electron chi connectivity index (χ3n) is 1.61. The van der Waals surface area contributed by atoms with E-state index in [0.717, 1.165) is 5.71 Å². The summed E-state index contributed by atoms with van der Waals surface area (Å²) in [5, 5.41) is 0. The maximum Gasteiger partial charge on any atom is 0.230 e. The summed E-state index contributed by atoms with van der Waals surface area (Å²) in [6.45, 7) is 1.89. The summed E-state index contributed by atoms with van der Waals surface area (Å²) in [5.74, 6) is 0.0763. The molecule has 0 saturated carbocycles. The Labute approximate surface area is 72.1 Å². The van der Waals surface area contributed by atoms with Crippen LogP contribution in [0.1, 0.15) is 13.3 Å². The fourth-order valence-electron chi connectivity index (χ4n) is 0.814. The minimum absolute atomic E-state index is 0.0763. The lowest BCUT2D eigenvalue weighted by molar-refractivity contribution is -0.126. The smallest absolute Gasteiger partial charge is 0.230 e. The summed E-state index contributed by atoms with van der Waals surface area (Å²) in [6, 6.07) is 0. The number of nitrogens with zero attached hydrogens (tertiary/aromatic N) is 2. The average molecular weight is 164 g/mol. The predicted molar refractivity (Wildman–Crippen MR) is 48.8 cm³/mol. The van der Waals surface area contributed by atoms with Crippen LogP contribution < -0.4 is 0 Å². The first-order valence-electron chi connectivity index (χ1n) is 3.83. The molecule has 0 unspecified atom stereocenters. The molecule has 1 aliphatic rings. The molecule has 0 radical (unpaired) electrons. The van der Waals surface area contributed by atoms with E-state index >= 15 is 0 Å². The highest BCUT2D eigenvalue weighted by Gasteiger charge is 2.02. The Kier molecular flexibility index (Phi) is 2.80. The fraction of sp³-hybridized carbons (Fsp3) is 0.333. The molecule has 0 fully saturated rings. The molecule has 64 valence electrons. The lowest BCUT2D eigenvalue weighted by atomic mass is 10.4. The van der Waals surface area contributed by atoms with E-state index in [4.69, 9.17) is 0 Å². The Morgan fingerprint density at radius 2 is 2.33 bits per heavy atom. The molecule has 1 amide bonds. The molecule has 1 heterocycles. The summed E-state index contributed by atoms with van der Waals surface area (Å²) in [5.41, 5.74) is 0.896. The highest BCUT2D eigenvalue weighted by atomic mass is 16.2. The van der Waals surface area contributed by atoms with E-state index in [1.165, 1.54) is 0 Å². The molecule has 0 aromatic rings. The first-order chi connectivity index (χ1) is 5.70. The molecular formula is C9H12N2O. The fourth-order valence-corrected chi connectivity index (χ4v) is 0.814. The van der Waals surface area contributed by atoms with Crippen LogP contribution in [0.5, 0.6) is 0 Å². The van der Waals surface area contributed by atoms with Gasteiger partial charge in [0.1, 0.15) is 0 Å². The van der Waals surface area contributed by atoms with E-state index in [-0.39, 0.29) is 5.91 Å². The Hall–Kier alpha value is -1.38. The van der Waals surface area contributed by atoms with Gasteiger partial charge in [0.2, 0.25) is 5.91 Å². The van der Waals surface area contributed by atoms with Crippen molar-refractivity contribution in [2.75, 3.05) is 7.05 Å². The first kappa shape index (κ1) is 8.71. The largest absolute Gasteiger partial charge is 0.322 e. The van der Waals surface area contributed by atoms with Crippen LogP contribution in [0.15, 0.2) is 29.5 Å². The third-order valence-corrected chi connectivity index (χ3v) is 1.61. The molecule has 0 N–H and O–H groups in total. The Balaban J connectivity index is 2.83. The molecule has 0 bridgehead atoms. The Morgan fingerprint density at radius 3 is 3.08 bits per heavy atom. The van der Waals surface area contributed by atoms with Crippen molar-refractivity contribution in [3.8, 4) is 0 Å². The van der Waals surface area contributed by atoms with Crippen LogP contribution in [0.2, 0.25) is 0 Å². The van der Waals surface area contributed by atoms with Gasteiger partial charge >= 0.3 is 0 Å². The summed E-state index contributed by atoms with van der Waals surface area (Å²) in [7, 11) is 1.74. The van der Waals surface area contributed by atoms with Gasteiger partial charge in [0.05, 0.1) is 0 Å². The van der Waals surface area contributed by atoms with E-state index in [1.54, 1.807) is 30.4 Å². The topological polar surface area (TPSA) is 32.7 Å². The van der Waals surface area contributed by atoms with Gasteiger partial charge in [0, 0.05) is 31.6 Å². The van der Waals surface area contributed by atoms with Crippen LogP contribution >= 0.6 is 0 Å². The van der Waals surface area contributed by atoms with Crippen LogP contribution in [0.25, 0.3) is 0 Å². The van der Waals surface area contributed by atoms with Crippen LogP contribution in [-0.2, 0) is 4.79 Å². The number of carbonyl (C=O) groups excluding carboxylic acids is 1. The molecule has 3 nitrogen and oxygen atoms in total. The summed E-state index contributed by atoms with van der Waals surface area (Å²) in [4.78, 5) is 16.8. The standard InChI is InChI=1S/C9H12N2O/c1-8-5-7-11(2)9(12)4-3-6-10-8/h3,5-7H,4H2,1-2H3/b6-3-,7-5-,10-8+. The second-order valence-electron chi connectivity index (χ2n) is 2.68. The minimum Gasteiger partial charge on any atom is -0.322 e. The number of hydrogen-bond acceptors (Lipinski definition) is 2. The second kappa shape index (κ2) is 3.85. The zero-order chi connectivity index (χ0) is 8.97. The molecule has 0 saturated heterocycles. The number of amides is 1. The molecule has 1 rings (SSSR count). The number of hydrogen-bond donors (Lipinski definition) is 0. The molecular weight excluding hydrogens is 152 g/mol. The van der Waals surface area contributed by atoms with Crippen molar-refractivity contribution in [2.45, 2.75) is 13.3 Å². The molecule has 12 heavy (non-hydrogen) atoms. The van der Waals surface area contributed by atoms with Gasteiger partial charge in [-0.3, -0.25) is 9.79 Å². The zero-order valence-corrected chi connectivity index (χ0v) is 7.32. The normalized spacial score (nSPS) is 28.0. The van der Waals surface area contributed by atoms with Crippen molar-refractivity contribution in [3.05, 3.63) is 24.6 Å². The van der Waals surface area contributed by atoms with Gasteiger partial charge in [-0.25, -0.2) is 0 Å². The van der Waals surface area contributed by atoms with Gasteiger partial charge in [0.25, 0.3) is 0 Å². The first-order valence-corrected chi connectivity index (χ1v) is 3.83. The van der Waals surface area contributed by atoms with Crippen molar-refractivity contribution in [1.82, 2.24) is 4.90 Å². The van der Waals surface area contributed by atoms with Crippen LogP contribution in [0, 0.1) is 0 Å². The lowest BCUT2D eigenvalue weighted by Crippen LogP contribution is -2.19. The van der Waals surface area contributed by atoms with E-state index in [9.17, 15) is 4.79 Å². The van der Waals surface area contributed by atoms with E-state index in [2.05, 4.69) is 4.99 Å². The Bertz CT molecular complexity index is 264. The van der Waals surface area contributed by atoms with Crippen molar-refractivity contribution < 1.29 is 4.79 Å². The lowest BCUT2D eigenvalue weighted by Gasteiger charge is -2.08. The zero-order valence-electron chi connectivity index (χ0n) is 7.32.